The molecule has 8 heteroatoms. The van der Waals surface area contributed by atoms with Gasteiger partial charge in [-0.15, -0.1) is 0 Å². The number of anilines is 1. The number of hydrogen-bond acceptors (Lipinski definition) is 5. The van der Waals surface area contributed by atoms with Gasteiger partial charge in [0.2, 0.25) is 11.9 Å². The molecule has 3 aromatic heterocycles. The fourth-order valence-corrected chi connectivity index (χ4v) is 3.40. The van der Waals surface area contributed by atoms with Gasteiger partial charge in [0.15, 0.2) is 5.76 Å². The molecule has 158 valence electrons. The van der Waals surface area contributed by atoms with Gasteiger partial charge in [0.25, 0.3) is 5.56 Å². The Balaban J connectivity index is 1.65. The highest BCUT2D eigenvalue weighted by Gasteiger charge is 2.18. The summed E-state index contributed by atoms with van der Waals surface area (Å²) in [4.78, 5) is 32.3. The number of furan rings is 1. The maximum atomic E-state index is 12.6. The van der Waals surface area contributed by atoms with Crippen LogP contribution in [0.3, 0.4) is 0 Å². The van der Waals surface area contributed by atoms with E-state index in [0.717, 1.165) is 5.56 Å². The van der Waals surface area contributed by atoms with Crippen LogP contribution in [0.5, 0.6) is 0 Å². The lowest BCUT2D eigenvalue weighted by Crippen LogP contribution is -2.22. The van der Waals surface area contributed by atoms with Crippen LogP contribution < -0.4 is 10.9 Å². The van der Waals surface area contributed by atoms with Crippen LogP contribution in [-0.2, 0) is 17.6 Å². The SMILES string of the molecule is CCc1c(C)nc(-n2nc(-c3ccco3)cc2NC(=O)CCc2ccccc2)[nH]c1=O. The van der Waals surface area contributed by atoms with Crippen molar-refractivity contribution >= 4 is 11.7 Å². The number of H-pyrrole nitrogens is 1. The molecule has 0 aliphatic heterocycles. The number of hydrogen-bond donors (Lipinski definition) is 2. The Hall–Kier alpha value is -3.94. The summed E-state index contributed by atoms with van der Waals surface area (Å²) < 4.78 is 6.86. The van der Waals surface area contributed by atoms with Gasteiger partial charge >= 0.3 is 0 Å². The van der Waals surface area contributed by atoms with Crippen LogP contribution in [0, 0.1) is 6.92 Å². The Morgan fingerprint density at radius 1 is 1.19 bits per heavy atom. The first-order valence-electron chi connectivity index (χ1n) is 10.1. The summed E-state index contributed by atoms with van der Waals surface area (Å²) in [5.74, 6) is 1.01. The van der Waals surface area contributed by atoms with Crippen molar-refractivity contribution in [2.75, 3.05) is 5.32 Å². The van der Waals surface area contributed by atoms with Gasteiger partial charge in [-0.25, -0.2) is 4.98 Å². The van der Waals surface area contributed by atoms with Crippen molar-refractivity contribution < 1.29 is 9.21 Å². The zero-order chi connectivity index (χ0) is 21.8. The van der Waals surface area contributed by atoms with Gasteiger partial charge < -0.3 is 9.73 Å². The second kappa shape index (κ2) is 8.83. The third-order valence-corrected chi connectivity index (χ3v) is 5.00. The van der Waals surface area contributed by atoms with Crippen LogP contribution in [-0.4, -0.2) is 25.7 Å². The predicted octanol–water partition coefficient (Wildman–Crippen LogP) is 3.66. The number of amides is 1. The third kappa shape index (κ3) is 4.48. The molecule has 0 saturated heterocycles. The molecular weight excluding hydrogens is 394 g/mol. The fraction of sp³-hybridized carbons (Fsp3) is 0.217. The second-order valence-electron chi connectivity index (χ2n) is 7.14. The number of carbonyl (C=O) groups excluding carboxylic acids is 1. The molecule has 0 atom stereocenters. The molecule has 1 aromatic carbocycles. The number of nitrogens with one attached hydrogen (secondary N) is 2. The van der Waals surface area contributed by atoms with E-state index in [9.17, 15) is 9.59 Å². The van der Waals surface area contributed by atoms with Gasteiger partial charge in [-0.3, -0.25) is 14.6 Å². The van der Waals surface area contributed by atoms with Gasteiger partial charge in [0.05, 0.1) is 6.26 Å². The summed E-state index contributed by atoms with van der Waals surface area (Å²) in [6, 6.07) is 15.0. The summed E-state index contributed by atoms with van der Waals surface area (Å²) in [7, 11) is 0. The molecule has 8 nitrogen and oxygen atoms in total. The lowest BCUT2D eigenvalue weighted by atomic mass is 10.1. The smallest absolute Gasteiger partial charge is 0.255 e. The van der Waals surface area contributed by atoms with E-state index in [0.29, 0.717) is 47.8 Å². The third-order valence-electron chi connectivity index (χ3n) is 5.00. The first kappa shape index (κ1) is 20.3. The minimum atomic E-state index is -0.221. The van der Waals surface area contributed by atoms with Crippen LogP contribution in [0.15, 0.2) is 64.0 Å². The number of aromatic amines is 1. The van der Waals surface area contributed by atoms with Crippen molar-refractivity contribution in [3.8, 4) is 17.4 Å². The maximum Gasteiger partial charge on any atom is 0.255 e. The molecule has 4 aromatic rings. The van der Waals surface area contributed by atoms with Crippen LogP contribution in [0.25, 0.3) is 17.4 Å². The zero-order valence-corrected chi connectivity index (χ0v) is 17.4. The van der Waals surface area contributed by atoms with Crippen LogP contribution in [0.4, 0.5) is 5.82 Å². The van der Waals surface area contributed by atoms with E-state index in [1.165, 1.54) is 4.68 Å². The highest BCUT2D eigenvalue weighted by molar-refractivity contribution is 5.90. The van der Waals surface area contributed by atoms with Crippen molar-refractivity contribution in [2.24, 2.45) is 0 Å². The molecule has 1 amide bonds. The average Bonchev–Trinajstić information content (AvgIpc) is 3.43. The van der Waals surface area contributed by atoms with E-state index in [1.807, 2.05) is 37.3 Å². The molecule has 31 heavy (non-hydrogen) atoms. The van der Waals surface area contributed by atoms with E-state index in [-0.39, 0.29) is 17.4 Å². The largest absolute Gasteiger partial charge is 0.463 e. The molecule has 2 N–H and O–H groups in total. The standard InChI is InChI=1S/C23H23N5O3/c1-3-17-15(2)24-23(26-22(17)30)28-20(14-18(27-28)19-10-7-13-31-19)25-21(29)12-11-16-8-5-4-6-9-16/h4-10,13-14H,3,11-12H2,1-2H3,(H,25,29)(H,24,26,30). The Morgan fingerprint density at radius 2 is 2.00 bits per heavy atom. The van der Waals surface area contributed by atoms with E-state index in [2.05, 4.69) is 20.4 Å². The van der Waals surface area contributed by atoms with E-state index < -0.39 is 0 Å². The summed E-state index contributed by atoms with van der Waals surface area (Å²) in [5.41, 5.74) is 2.62. The highest BCUT2D eigenvalue weighted by atomic mass is 16.3. The average molecular weight is 417 g/mol. The summed E-state index contributed by atoms with van der Waals surface area (Å²) >= 11 is 0. The van der Waals surface area contributed by atoms with E-state index >= 15 is 0 Å². The van der Waals surface area contributed by atoms with Crippen LogP contribution in [0.2, 0.25) is 0 Å². The van der Waals surface area contributed by atoms with Crippen molar-refractivity contribution in [1.82, 2.24) is 19.7 Å². The van der Waals surface area contributed by atoms with Gasteiger partial charge in [0.1, 0.15) is 11.5 Å². The van der Waals surface area contributed by atoms with Gasteiger partial charge in [-0.1, -0.05) is 37.3 Å². The lowest BCUT2D eigenvalue weighted by Gasteiger charge is -2.10. The first-order valence-corrected chi connectivity index (χ1v) is 10.1. The second-order valence-corrected chi connectivity index (χ2v) is 7.14. The number of aryl methyl sites for hydroxylation is 2. The molecule has 4 rings (SSSR count). The molecule has 0 unspecified atom stereocenters. The van der Waals surface area contributed by atoms with Gasteiger partial charge in [-0.05, 0) is 37.5 Å². The minimum absolute atomic E-state index is 0.166. The number of nitrogens with zero attached hydrogens (tertiary/aromatic N) is 3. The summed E-state index contributed by atoms with van der Waals surface area (Å²) in [6.07, 6.45) is 3.05. The van der Waals surface area contributed by atoms with Crippen LogP contribution >= 0.6 is 0 Å². The van der Waals surface area contributed by atoms with Crippen molar-refractivity contribution in [3.63, 3.8) is 0 Å². The Morgan fingerprint density at radius 3 is 2.68 bits per heavy atom. The number of benzene rings is 1. The van der Waals surface area contributed by atoms with Gasteiger partial charge in [0, 0.05) is 23.7 Å². The first-order chi connectivity index (χ1) is 15.0. The van der Waals surface area contributed by atoms with Crippen molar-refractivity contribution in [2.45, 2.75) is 33.1 Å². The van der Waals surface area contributed by atoms with Gasteiger partial charge in [-0.2, -0.15) is 9.78 Å². The minimum Gasteiger partial charge on any atom is -0.463 e. The number of aromatic nitrogens is 4. The molecule has 0 aliphatic rings. The fourth-order valence-electron chi connectivity index (χ4n) is 3.40. The molecular formula is C23H23N5O3. The Kier molecular flexibility index (Phi) is 5.79. The quantitative estimate of drug-likeness (QED) is 0.477. The van der Waals surface area contributed by atoms with E-state index in [1.54, 1.807) is 31.4 Å². The molecule has 3 heterocycles. The Labute approximate surface area is 179 Å². The predicted molar refractivity (Wildman–Crippen MR) is 117 cm³/mol. The normalized spacial score (nSPS) is 10.9. The number of rotatable bonds is 7. The van der Waals surface area contributed by atoms with Crippen molar-refractivity contribution in [3.05, 3.63) is 82.0 Å². The Bertz CT molecular complexity index is 1240. The maximum absolute atomic E-state index is 12.6. The monoisotopic (exact) mass is 417 g/mol. The molecule has 0 bridgehead atoms. The van der Waals surface area contributed by atoms with E-state index in [4.69, 9.17) is 4.42 Å². The summed E-state index contributed by atoms with van der Waals surface area (Å²) in [6.45, 7) is 3.69. The molecule has 0 fully saturated rings. The highest BCUT2D eigenvalue weighted by Crippen LogP contribution is 2.24. The molecule has 0 aliphatic carbocycles. The van der Waals surface area contributed by atoms with Crippen molar-refractivity contribution in [1.29, 1.82) is 0 Å². The topological polar surface area (TPSA) is 106 Å². The summed E-state index contributed by atoms with van der Waals surface area (Å²) in [5, 5.41) is 7.39. The van der Waals surface area contributed by atoms with Crippen LogP contribution in [0.1, 0.15) is 30.2 Å². The number of carbonyl (C=O) groups is 1. The molecule has 0 saturated carbocycles. The molecule has 0 radical (unpaired) electrons. The molecule has 0 spiro atoms. The zero-order valence-electron chi connectivity index (χ0n) is 17.4. The lowest BCUT2D eigenvalue weighted by molar-refractivity contribution is -0.116.